The highest BCUT2D eigenvalue weighted by Crippen LogP contribution is 2.33. The van der Waals surface area contributed by atoms with Crippen LogP contribution in [0.1, 0.15) is 37.4 Å². The van der Waals surface area contributed by atoms with Crippen LogP contribution >= 0.6 is 0 Å². The van der Waals surface area contributed by atoms with Crippen molar-refractivity contribution in [3.05, 3.63) is 35.4 Å². The summed E-state index contributed by atoms with van der Waals surface area (Å²) < 4.78 is 5.46. The number of hydrogen-bond acceptors (Lipinski definition) is 3. The van der Waals surface area contributed by atoms with E-state index >= 15 is 0 Å². The molecule has 0 bridgehead atoms. The van der Waals surface area contributed by atoms with Crippen molar-refractivity contribution in [3.63, 3.8) is 0 Å². The van der Waals surface area contributed by atoms with E-state index in [1.54, 1.807) is 0 Å². The summed E-state index contributed by atoms with van der Waals surface area (Å²) in [4.78, 5) is 2.49. The van der Waals surface area contributed by atoms with Crippen LogP contribution in [-0.4, -0.2) is 36.7 Å². The average molecular weight is 262 g/mol. The monoisotopic (exact) mass is 262 g/mol. The first-order valence-electron chi connectivity index (χ1n) is 7.23. The zero-order chi connectivity index (χ0) is 13.9. The lowest BCUT2D eigenvalue weighted by molar-refractivity contribution is -0.0277. The van der Waals surface area contributed by atoms with Crippen LogP contribution in [0.2, 0.25) is 0 Å². The van der Waals surface area contributed by atoms with Crippen LogP contribution in [0.5, 0.6) is 0 Å². The van der Waals surface area contributed by atoms with Gasteiger partial charge in [0, 0.05) is 24.7 Å². The van der Waals surface area contributed by atoms with Crippen molar-refractivity contribution >= 4 is 0 Å². The van der Waals surface area contributed by atoms with Gasteiger partial charge in [-0.15, -0.1) is 0 Å². The maximum atomic E-state index is 6.58. The van der Waals surface area contributed by atoms with Crippen LogP contribution in [0.4, 0.5) is 0 Å². The lowest BCUT2D eigenvalue weighted by atomic mass is 9.83. The molecule has 3 heteroatoms. The standard InChI is InChI=1S/C16H26N2O/c1-4-16(3,18-9-11-19-12-10-18)15(17)14-7-5-13(2)6-8-14/h5-8,15H,4,9-12,17H2,1-3H3. The lowest BCUT2D eigenvalue weighted by Crippen LogP contribution is -2.56. The second-order valence-electron chi connectivity index (χ2n) is 5.70. The molecule has 2 unspecified atom stereocenters. The number of aryl methyl sites for hydroxylation is 1. The Kier molecular flexibility index (Phi) is 4.61. The molecule has 2 N–H and O–H groups in total. The highest BCUT2D eigenvalue weighted by atomic mass is 16.5. The van der Waals surface area contributed by atoms with Crippen LogP contribution < -0.4 is 5.73 Å². The number of nitrogens with zero attached hydrogens (tertiary/aromatic N) is 1. The fourth-order valence-corrected chi connectivity index (χ4v) is 2.85. The Bertz CT molecular complexity index is 398. The number of morpholine rings is 1. The second-order valence-corrected chi connectivity index (χ2v) is 5.70. The molecule has 0 aliphatic carbocycles. The van der Waals surface area contributed by atoms with E-state index in [1.807, 2.05) is 0 Å². The average Bonchev–Trinajstić information content (AvgIpc) is 2.47. The van der Waals surface area contributed by atoms with Crippen LogP contribution in [0, 0.1) is 6.92 Å². The molecule has 0 amide bonds. The number of nitrogens with two attached hydrogens (primary N) is 1. The van der Waals surface area contributed by atoms with E-state index in [0.29, 0.717) is 0 Å². The SMILES string of the molecule is CCC(C)(C(N)c1ccc(C)cc1)N1CCOCC1. The predicted molar refractivity (Wildman–Crippen MR) is 79.2 cm³/mol. The highest BCUT2D eigenvalue weighted by Gasteiger charge is 2.37. The zero-order valence-corrected chi connectivity index (χ0v) is 12.4. The molecule has 1 saturated heterocycles. The Morgan fingerprint density at radius 2 is 1.84 bits per heavy atom. The largest absolute Gasteiger partial charge is 0.379 e. The molecule has 0 spiro atoms. The van der Waals surface area contributed by atoms with Gasteiger partial charge in [-0.3, -0.25) is 4.90 Å². The number of rotatable bonds is 4. The Hall–Kier alpha value is -0.900. The Labute approximate surface area is 116 Å². The van der Waals surface area contributed by atoms with Gasteiger partial charge in [0.1, 0.15) is 0 Å². The van der Waals surface area contributed by atoms with E-state index in [0.717, 1.165) is 32.7 Å². The summed E-state index contributed by atoms with van der Waals surface area (Å²) in [5.41, 5.74) is 9.08. The Balaban J connectivity index is 2.21. The van der Waals surface area contributed by atoms with E-state index in [-0.39, 0.29) is 11.6 Å². The van der Waals surface area contributed by atoms with Crippen LogP contribution in [0.3, 0.4) is 0 Å². The van der Waals surface area contributed by atoms with Crippen molar-refractivity contribution in [1.82, 2.24) is 4.90 Å². The minimum atomic E-state index is -0.000954. The van der Waals surface area contributed by atoms with Gasteiger partial charge in [0.05, 0.1) is 13.2 Å². The van der Waals surface area contributed by atoms with Gasteiger partial charge < -0.3 is 10.5 Å². The molecule has 1 aliphatic rings. The molecule has 1 heterocycles. The maximum absolute atomic E-state index is 6.58. The summed E-state index contributed by atoms with van der Waals surface area (Å²) in [6, 6.07) is 8.65. The van der Waals surface area contributed by atoms with E-state index in [1.165, 1.54) is 11.1 Å². The molecule has 3 nitrogen and oxygen atoms in total. The molecule has 1 aliphatic heterocycles. The van der Waals surface area contributed by atoms with Crippen molar-refractivity contribution in [2.45, 2.75) is 38.8 Å². The summed E-state index contributed by atoms with van der Waals surface area (Å²) in [6.45, 7) is 10.2. The molecule has 19 heavy (non-hydrogen) atoms. The van der Waals surface area contributed by atoms with Gasteiger partial charge in [0.25, 0.3) is 0 Å². The van der Waals surface area contributed by atoms with Crippen molar-refractivity contribution < 1.29 is 4.74 Å². The summed E-state index contributed by atoms with van der Waals surface area (Å²) in [6.07, 6.45) is 1.04. The minimum absolute atomic E-state index is 0.000954. The van der Waals surface area contributed by atoms with Gasteiger partial charge in [-0.1, -0.05) is 36.8 Å². The predicted octanol–water partition coefficient (Wildman–Crippen LogP) is 2.50. The summed E-state index contributed by atoms with van der Waals surface area (Å²) in [5.74, 6) is 0. The maximum Gasteiger partial charge on any atom is 0.0594 e. The number of hydrogen-bond donors (Lipinski definition) is 1. The molecular formula is C16H26N2O. The van der Waals surface area contributed by atoms with E-state index in [4.69, 9.17) is 10.5 Å². The van der Waals surface area contributed by atoms with Gasteiger partial charge in [-0.05, 0) is 25.8 Å². The van der Waals surface area contributed by atoms with E-state index in [2.05, 4.69) is 49.9 Å². The van der Waals surface area contributed by atoms with Crippen molar-refractivity contribution in [1.29, 1.82) is 0 Å². The highest BCUT2D eigenvalue weighted by molar-refractivity contribution is 5.26. The van der Waals surface area contributed by atoms with Gasteiger partial charge >= 0.3 is 0 Å². The fraction of sp³-hybridized carbons (Fsp3) is 0.625. The second kappa shape index (κ2) is 6.04. The van der Waals surface area contributed by atoms with Crippen LogP contribution in [-0.2, 0) is 4.74 Å². The van der Waals surface area contributed by atoms with Crippen molar-refractivity contribution in [2.24, 2.45) is 5.73 Å². The van der Waals surface area contributed by atoms with E-state index < -0.39 is 0 Å². The Morgan fingerprint density at radius 1 is 1.26 bits per heavy atom. The fourth-order valence-electron chi connectivity index (χ4n) is 2.85. The molecule has 106 valence electrons. The third-order valence-corrected chi connectivity index (χ3v) is 4.56. The van der Waals surface area contributed by atoms with Crippen molar-refractivity contribution in [3.8, 4) is 0 Å². The normalized spacial score (nSPS) is 21.9. The van der Waals surface area contributed by atoms with Crippen LogP contribution in [0.15, 0.2) is 24.3 Å². The molecule has 1 aromatic rings. The molecule has 0 aromatic heterocycles. The van der Waals surface area contributed by atoms with Gasteiger partial charge in [0.2, 0.25) is 0 Å². The number of ether oxygens (including phenoxy) is 1. The molecular weight excluding hydrogens is 236 g/mol. The minimum Gasteiger partial charge on any atom is -0.379 e. The molecule has 1 aromatic carbocycles. The van der Waals surface area contributed by atoms with Crippen molar-refractivity contribution in [2.75, 3.05) is 26.3 Å². The third-order valence-electron chi connectivity index (χ3n) is 4.56. The van der Waals surface area contributed by atoms with Gasteiger partial charge in [-0.25, -0.2) is 0 Å². The van der Waals surface area contributed by atoms with Gasteiger partial charge in [-0.2, -0.15) is 0 Å². The third kappa shape index (κ3) is 2.99. The number of benzene rings is 1. The lowest BCUT2D eigenvalue weighted by Gasteiger charge is -2.46. The summed E-state index contributed by atoms with van der Waals surface area (Å²) in [5, 5.41) is 0. The smallest absolute Gasteiger partial charge is 0.0594 e. The molecule has 2 rings (SSSR count). The first-order valence-corrected chi connectivity index (χ1v) is 7.23. The molecule has 0 saturated carbocycles. The summed E-state index contributed by atoms with van der Waals surface area (Å²) >= 11 is 0. The topological polar surface area (TPSA) is 38.5 Å². The quantitative estimate of drug-likeness (QED) is 0.906. The Morgan fingerprint density at radius 3 is 2.37 bits per heavy atom. The molecule has 2 atom stereocenters. The van der Waals surface area contributed by atoms with Crippen LogP contribution in [0.25, 0.3) is 0 Å². The molecule has 1 fully saturated rings. The zero-order valence-electron chi connectivity index (χ0n) is 12.4. The first-order chi connectivity index (χ1) is 9.08. The summed E-state index contributed by atoms with van der Waals surface area (Å²) in [7, 11) is 0. The van der Waals surface area contributed by atoms with E-state index in [9.17, 15) is 0 Å². The molecule has 0 radical (unpaired) electrons. The first kappa shape index (κ1) is 14.5. The van der Waals surface area contributed by atoms with Gasteiger partial charge in [0.15, 0.2) is 0 Å².